The fraction of sp³-hybridized carbons (Fsp3) is 0.476. The minimum Gasteiger partial charge on any atom is -0.390 e. The average molecular weight is 533 g/mol. The number of imidazole rings is 1. The van der Waals surface area contributed by atoms with Crippen LogP contribution in [0.3, 0.4) is 0 Å². The van der Waals surface area contributed by atoms with Gasteiger partial charge in [0, 0.05) is 24.7 Å². The van der Waals surface area contributed by atoms with Crippen molar-refractivity contribution in [3.8, 4) is 11.3 Å². The predicted molar refractivity (Wildman–Crippen MR) is 126 cm³/mol. The first-order valence-corrected chi connectivity index (χ1v) is 13.0. The van der Waals surface area contributed by atoms with Gasteiger partial charge < -0.3 is 15.0 Å². The molecule has 9 nitrogen and oxygen atoms in total. The van der Waals surface area contributed by atoms with E-state index < -0.39 is 46.3 Å². The van der Waals surface area contributed by atoms with Gasteiger partial charge in [0.2, 0.25) is 16.0 Å². The zero-order chi connectivity index (χ0) is 25.7. The number of aromatic nitrogens is 4. The molecule has 190 valence electrons. The van der Waals surface area contributed by atoms with Gasteiger partial charge in [0.25, 0.3) is 6.43 Å². The summed E-state index contributed by atoms with van der Waals surface area (Å²) in [5.41, 5.74) is 0.392. The summed E-state index contributed by atoms with van der Waals surface area (Å²) >= 11 is 6.29. The molecule has 1 aliphatic heterocycles. The number of sulfonamides is 1. The summed E-state index contributed by atoms with van der Waals surface area (Å²) < 4.78 is 67.9. The smallest absolute Gasteiger partial charge is 0.295 e. The lowest BCUT2D eigenvalue weighted by Crippen LogP contribution is -2.51. The summed E-state index contributed by atoms with van der Waals surface area (Å²) in [5, 5.41) is 13.5. The molecule has 0 aliphatic carbocycles. The summed E-state index contributed by atoms with van der Waals surface area (Å²) in [4.78, 5) is 12.3. The van der Waals surface area contributed by atoms with E-state index in [-0.39, 0.29) is 46.4 Å². The summed E-state index contributed by atoms with van der Waals surface area (Å²) in [6, 6.07) is 1.68. The normalized spacial score (nSPS) is 19.7. The third-order valence-electron chi connectivity index (χ3n) is 5.83. The number of hydrogen-bond acceptors (Lipinski definition) is 7. The molecule has 0 amide bonds. The second-order valence-electron chi connectivity index (χ2n) is 8.68. The van der Waals surface area contributed by atoms with Crippen LogP contribution in [-0.4, -0.2) is 68.8 Å². The number of benzene rings is 1. The molecule has 0 bridgehead atoms. The SMILES string of the molecule is CC(C)n1c(C(F)F)nc2c(F)cc(-c3nc(NC4CCN(S(C)(=O)=O)C[C@H]4O)ncc3Cl)cc21. The standard InChI is InChI=1S/C21H24ClF3N6O3S/c1-10(2)31-15-7-11(6-13(23)18(15)28-20(31)19(24)25)17-12(22)8-26-21(29-17)27-14-4-5-30(9-16(14)32)35(3,33)34/h6-8,10,14,16,19,32H,4-5,9H2,1-3H3,(H,26,27,29)/t14?,16-/m1/s1. The Morgan fingerprint density at radius 3 is 2.57 bits per heavy atom. The van der Waals surface area contributed by atoms with Crippen molar-refractivity contribution in [1.29, 1.82) is 0 Å². The number of fused-ring (bicyclic) bond motifs is 1. The highest BCUT2D eigenvalue weighted by molar-refractivity contribution is 7.88. The van der Waals surface area contributed by atoms with Gasteiger partial charge in [0.05, 0.1) is 40.8 Å². The fourth-order valence-electron chi connectivity index (χ4n) is 4.18. The number of alkyl halides is 2. The van der Waals surface area contributed by atoms with Crippen LogP contribution in [0, 0.1) is 5.82 Å². The molecule has 3 heterocycles. The Labute approximate surface area is 205 Å². The van der Waals surface area contributed by atoms with Crippen LogP contribution in [0.4, 0.5) is 19.1 Å². The number of halogens is 4. The van der Waals surface area contributed by atoms with Crippen molar-refractivity contribution in [2.45, 2.75) is 44.9 Å². The zero-order valence-corrected chi connectivity index (χ0v) is 20.7. The second-order valence-corrected chi connectivity index (χ2v) is 11.1. The molecule has 1 saturated heterocycles. The third kappa shape index (κ3) is 5.08. The number of aliphatic hydroxyl groups is 1. The van der Waals surface area contributed by atoms with Gasteiger partial charge in [0.1, 0.15) is 5.52 Å². The predicted octanol–water partition coefficient (Wildman–Crippen LogP) is 3.61. The number of piperidine rings is 1. The van der Waals surface area contributed by atoms with E-state index in [0.29, 0.717) is 6.42 Å². The van der Waals surface area contributed by atoms with Crippen molar-refractivity contribution in [2.75, 3.05) is 24.7 Å². The molecule has 1 unspecified atom stereocenters. The average Bonchev–Trinajstić information content (AvgIpc) is 3.16. The molecule has 2 atom stereocenters. The topological polar surface area (TPSA) is 113 Å². The van der Waals surface area contributed by atoms with E-state index >= 15 is 0 Å². The molecular formula is C21H24ClF3N6O3S. The van der Waals surface area contributed by atoms with Gasteiger partial charge in [-0.05, 0) is 32.4 Å². The van der Waals surface area contributed by atoms with Crippen molar-refractivity contribution in [3.05, 3.63) is 35.0 Å². The van der Waals surface area contributed by atoms with Crippen molar-refractivity contribution >= 4 is 38.6 Å². The maximum atomic E-state index is 14.9. The largest absolute Gasteiger partial charge is 0.390 e. The summed E-state index contributed by atoms with van der Waals surface area (Å²) in [6.45, 7) is 3.52. The Hall–Kier alpha value is -2.48. The van der Waals surface area contributed by atoms with Gasteiger partial charge in [-0.1, -0.05) is 11.6 Å². The summed E-state index contributed by atoms with van der Waals surface area (Å²) in [5.74, 6) is -1.24. The fourth-order valence-corrected chi connectivity index (χ4v) is 5.24. The van der Waals surface area contributed by atoms with Crippen molar-refractivity contribution < 1.29 is 26.7 Å². The number of β-amino-alcohol motifs (C(OH)–C–C–N with tert-alkyl or cyclic N) is 1. The molecule has 0 radical (unpaired) electrons. The highest BCUT2D eigenvalue weighted by Crippen LogP contribution is 2.34. The Morgan fingerprint density at radius 2 is 1.97 bits per heavy atom. The molecule has 1 aliphatic rings. The van der Waals surface area contributed by atoms with Crippen molar-refractivity contribution in [2.24, 2.45) is 0 Å². The van der Waals surface area contributed by atoms with Gasteiger partial charge in [-0.2, -0.15) is 4.31 Å². The van der Waals surface area contributed by atoms with Gasteiger partial charge >= 0.3 is 0 Å². The third-order valence-corrected chi connectivity index (χ3v) is 7.38. The number of nitrogens with one attached hydrogen (secondary N) is 1. The number of rotatable bonds is 6. The van der Waals surface area contributed by atoms with E-state index in [1.54, 1.807) is 13.8 Å². The molecule has 14 heteroatoms. The lowest BCUT2D eigenvalue weighted by atomic mass is 10.0. The van der Waals surface area contributed by atoms with E-state index in [9.17, 15) is 26.7 Å². The quantitative estimate of drug-likeness (QED) is 0.498. The first-order chi connectivity index (χ1) is 16.4. The van der Waals surface area contributed by atoms with Crippen molar-refractivity contribution in [1.82, 2.24) is 23.8 Å². The number of hydrogen-bond donors (Lipinski definition) is 2. The van der Waals surface area contributed by atoms with Crippen LogP contribution >= 0.6 is 11.6 Å². The van der Waals surface area contributed by atoms with E-state index in [1.807, 2.05) is 0 Å². The van der Waals surface area contributed by atoms with Crippen LogP contribution in [0.25, 0.3) is 22.3 Å². The molecule has 1 aromatic carbocycles. The van der Waals surface area contributed by atoms with Gasteiger partial charge in [-0.15, -0.1) is 0 Å². The second kappa shape index (κ2) is 9.52. The summed E-state index contributed by atoms with van der Waals surface area (Å²) in [7, 11) is -3.43. The monoisotopic (exact) mass is 532 g/mol. The molecule has 35 heavy (non-hydrogen) atoms. The molecule has 2 N–H and O–H groups in total. The lowest BCUT2D eigenvalue weighted by Gasteiger charge is -2.34. The van der Waals surface area contributed by atoms with Gasteiger partial charge in [0.15, 0.2) is 11.6 Å². The highest BCUT2D eigenvalue weighted by Gasteiger charge is 2.32. The van der Waals surface area contributed by atoms with Crippen LogP contribution in [0.1, 0.15) is 38.6 Å². The highest BCUT2D eigenvalue weighted by atomic mass is 35.5. The number of anilines is 1. The van der Waals surface area contributed by atoms with Crippen LogP contribution < -0.4 is 5.32 Å². The number of aliphatic hydroxyl groups excluding tert-OH is 1. The number of nitrogens with zero attached hydrogens (tertiary/aromatic N) is 5. The Bertz CT molecular complexity index is 1370. The maximum Gasteiger partial charge on any atom is 0.295 e. The van der Waals surface area contributed by atoms with Crippen LogP contribution in [0.2, 0.25) is 5.02 Å². The Kier molecular flexibility index (Phi) is 6.97. The summed E-state index contributed by atoms with van der Waals surface area (Å²) in [6.07, 6.45) is -1.21. The van der Waals surface area contributed by atoms with E-state index in [0.717, 1.165) is 12.3 Å². The molecule has 0 spiro atoms. The first kappa shape index (κ1) is 25.6. The Morgan fingerprint density at radius 1 is 1.26 bits per heavy atom. The van der Waals surface area contributed by atoms with Crippen LogP contribution in [0.5, 0.6) is 0 Å². The molecule has 0 saturated carbocycles. The lowest BCUT2D eigenvalue weighted by molar-refractivity contribution is 0.0950. The van der Waals surface area contributed by atoms with E-state index in [4.69, 9.17) is 11.6 Å². The van der Waals surface area contributed by atoms with Gasteiger partial charge in [-0.25, -0.2) is 36.5 Å². The first-order valence-electron chi connectivity index (χ1n) is 10.8. The minimum absolute atomic E-state index is 0.0789. The van der Waals surface area contributed by atoms with E-state index in [2.05, 4.69) is 20.3 Å². The van der Waals surface area contributed by atoms with Crippen LogP contribution in [0.15, 0.2) is 18.3 Å². The Balaban J connectivity index is 1.69. The maximum absolute atomic E-state index is 14.9. The van der Waals surface area contributed by atoms with Gasteiger partial charge in [-0.3, -0.25) is 0 Å². The minimum atomic E-state index is -3.43. The van der Waals surface area contributed by atoms with Crippen molar-refractivity contribution in [3.63, 3.8) is 0 Å². The molecule has 4 rings (SSSR count). The van der Waals surface area contributed by atoms with Crippen LogP contribution in [-0.2, 0) is 10.0 Å². The molecular weight excluding hydrogens is 509 g/mol. The molecule has 1 fully saturated rings. The van der Waals surface area contributed by atoms with E-state index in [1.165, 1.54) is 21.1 Å². The molecule has 3 aromatic rings. The zero-order valence-electron chi connectivity index (χ0n) is 19.1. The molecule has 2 aromatic heterocycles.